The molecule has 0 aliphatic carbocycles. The van der Waals surface area contributed by atoms with Crippen LogP contribution in [0.2, 0.25) is 0 Å². The Morgan fingerprint density at radius 1 is 0.968 bits per heavy atom. The van der Waals surface area contributed by atoms with Gasteiger partial charge in [0.2, 0.25) is 0 Å². The average molecular weight is 424 g/mol. The predicted molar refractivity (Wildman–Crippen MR) is 123 cm³/mol. The highest BCUT2D eigenvalue weighted by Crippen LogP contribution is 2.18. The molecule has 31 heavy (non-hydrogen) atoms. The molecule has 0 bridgehead atoms. The maximum atomic E-state index is 13.0. The van der Waals surface area contributed by atoms with E-state index in [-0.39, 0.29) is 12.0 Å². The number of hydrogen-bond donors (Lipinski definition) is 1. The topological polar surface area (TPSA) is 61.9 Å². The molecule has 2 amide bonds. The van der Waals surface area contributed by atoms with Crippen molar-refractivity contribution in [3.63, 3.8) is 0 Å². The van der Waals surface area contributed by atoms with Gasteiger partial charge in [0.25, 0.3) is 5.91 Å². The molecule has 1 aliphatic rings. The summed E-state index contributed by atoms with van der Waals surface area (Å²) in [5.41, 5.74) is 3.62. The third kappa shape index (κ3) is 6.23. The lowest BCUT2D eigenvalue weighted by Crippen LogP contribution is -2.51. The van der Waals surface area contributed by atoms with Crippen LogP contribution in [0, 0.1) is 0 Å². The van der Waals surface area contributed by atoms with Crippen LogP contribution in [0.15, 0.2) is 48.5 Å². The van der Waals surface area contributed by atoms with Gasteiger partial charge in [-0.1, -0.05) is 37.3 Å². The van der Waals surface area contributed by atoms with Crippen molar-refractivity contribution in [2.45, 2.75) is 46.3 Å². The van der Waals surface area contributed by atoms with Crippen molar-refractivity contribution in [3.05, 3.63) is 65.2 Å². The zero-order valence-electron chi connectivity index (χ0n) is 19.0. The fraction of sp³-hybridized carbons (Fsp3) is 0.440. The summed E-state index contributed by atoms with van der Waals surface area (Å²) in [5, 5.41) is 3.48. The van der Waals surface area contributed by atoms with E-state index in [4.69, 9.17) is 4.74 Å². The highest BCUT2D eigenvalue weighted by atomic mass is 16.6. The molecule has 1 heterocycles. The van der Waals surface area contributed by atoms with E-state index >= 15 is 0 Å². The summed E-state index contributed by atoms with van der Waals surface area (Å²) in [7, 11) is 0. The van der Waals surface area contributed by atoms with Crippen LogP contribution in [0.4, 0.5) is 10.5 Å². The van der Waals surface area contributed by atoms with E-state index in [1.54, 1.807) is 9.80 Å². The lowest BCUT2D eigenvalue weighted by Gasteiger charge is -2.35. The Bertz CT molecular complexity index is 912. The third-order valence-electron chi connectivity index (χ3n) is 5.27. The Kier molecular flexibility index (Phi) is 7.21. The van der Waals surface area contributed by atoms with E-state index < -0.39 is 5.60 Å². The molecule has 2 aromatic carbocycles. The first kappa shape index (κ1) is 22.7. The number of para-hydroxylation sites is 1. The molecule has 1 fully saturated rings. The maximum Gasteiger partial charge on any atom is 0.410 e. The van der Waals surface area contributed by atoms with Crippen molar-refractivity contribution in [3.8, 4) is 0 Å². The van der Waals surface area contributed by atoms with Crippen molar-refractivity contribution in [1.82, 2.24) is 9.80 Å². The van der Waals surface area contributed by atoms with Gasteiger partial charge in [0.1, 0.15) is 5.60 Å². The number of nitrogens with one attached hydrogen (secondary N) is 1. The van der Waals surface area contributed by atoms with Crippen molar-refractivity contribution in [2.75, 3.05) is 31.5 Å². The summed E-state index contributed by atoms with van der Waals surface area (Å²) in [6, 6.07) is 16.0. The van der Waals surface area contributed by atoms with Crippen LogP contribution in [0.1, 0.15) is 49.2 Å². The fourth-order valence-corrected chi connectivity index (χ4v) is 3.61. The number of piperazine rings is 1. The van der Waals surface area contributed by atoms with Gasteiger partial charge in [-0.05, 0) is 56.5 Å². The van der Waals surface area contributed by atoms with E-state index in [1.165, 1.54) is 5.56 Å². The first-order valence-corrected chi connectivity index (χ1v) is 10.9. The summed E-state index contributed by atoms with van der Waals surface area (Å²) >= 11 is 0. The maximum absolute atomic E-state index is 13.0. The van der Waals surface area contributed by atoms with Gasteiger partial charge >= 0.3 is 6.09 Å². The molecule has 6 nitrogen and oxygen atoms in total. The summed E-state index contributed by atoms with van der Waals surface area (Å²) in [4.78, 5) is 28.7. The number of amides is 2. The van der Waals surface area contributed by atoms with Crippen LogP contribution in [0.25, 0.3) is 0 Å². The standard InChI is InChI=1S/C25H33N3O3/c1-5-20-10-6-7-12-22(20)26-18-19-9-8-11-21(17-19)23(29)27-13-15-28(16-14-27)24(30)31-25(2,3)4/h6-12,17,26H,5,13-16,18H2,1-4H3. The Hall–Kier alpha value is -3.02. The summed E-state index contributed by atoms with van der Waals surface area (Å²) in [5.74, 6) is -0.000327. The SMILES string of the molecule is CCc1ccccc1NCc1cccc(C(=O)N2CCN(C(=O)OC(C)(C)C)CC2)c1. The summed E-state index contributed by atoms with van der Waals surface area (Å²) in [6.45, 7) is 10.3. The van der Waals surface area contributed by atoms with Gasteiger partial charge in [-0.2, -0.15) is 0 Å². The molecule has 1 N–H and O–H groups in total. The molecule has 6 heteroatoms. The first-order chi connectivity index (χ1) is 14.8. The number of rotatable bonds is 5. The van der Waals surface area contributed by atoms with Crippen LogP contribution in [-0.2, 0) is 17.7 Å². The highest BCUT2D eigenvalue weighted by molar-refractivity contribution is 5.94. The molecule has 3 rings (SSSR count). The molecular weight excluding hydrogens is 390 g/mol. The van der Waals surface area contributed by atoms with Crippen LogP contribution < -0.4 is 5.32 Å². The van der Waals surface area contributed by atoms with E-state index in [9.17, 15) is 9.59 Å². The second kappa shape index (κ2) is 9.86. The Morgan fingerprint density at radius 3 is 2.32 bits per heavy atom. The molecular formula is C25H33N3O3. The van der Waals surface area contributed by atoms with Crippen molar-refractivity contribution < 1.29 is 14.3 Å². The average Bonchev–Trinajstić information content (AvgIpc) is 2.76. The van der Waals surface area contributed by atoms with Gasteiger partial charge in [-0.15, -0.1) is 0 Å². The molecule has 0 atom stereocenters. The van der Waals surface area contributed by atoms with E-state index in [0.29, 0.717) is 38.3 Å². The third-order valence-corrected chi connectivity index (χ3v) is 5.27. The number of anilines is 1. The zero-order chi connectivity index (χ0) is 22.4. The Balaban J connectivity index is 1.57. The molecule has 0 saturated carbocycles. The van der Waals surface area contributed by atoms with Gasteiger partial charge in [0.15, 0.2) is 0 Å². The number of hydrogen-bond acceptors (Lipinski definition) is 4. The number of ether oxygens (including phenoxy) is 1. The molecule has 1 saturated heterocycles. The molecule has 0 aromatic heterocycles. The van der Waals surface area contributed by atoms with E-state index in [0.717, 1.165) is 17.7 Å². The molecule has 0 unspecified atom stereocenters. The van der Waals surface area contributed by atoms with Crippen molar-refractivity contribution >= 4 is 17.7 Å². The van der Waals surface area contributed by atoms with Crippen molar-refractivity contribution in [2.24, 2.45) is 0 Å². The van der Waals surface area contributed by atoms with Gasteiger partial charge in [0.05, 0.1) is 0 Å². The molecule has 166 valence electrons. The van der Waals surface area contributed by atoms with Crippen LogP contribution >= 0.6 is 0 Å². The molecule has 0 radical (unpaired) electrons. The minimum atomic E-state index is -0.518. The Morgan fingerprint density at radius 2 is 1.65 bits per heavy atom. The van der Waals surface area contributed by atoms with Gasteiger partial charge in [-0.3, -0.25) is 4.79 Å². The fourth-order valence-electron chi connectivity index (χ4n) is 3.61. The van der Waals surface area contributed by atoms with Crippen LogP contribution in [-0.4, -0.2) is 53.6 Å². The quantitative estimate of drug-likeness (QED) is 0.766. The van der Waals surface area contributed by atoms with E-state index in [1.807, 2.05) is 57.2 Å². The monoisotopic (exact) mass is 423 g/mol. The van der Waals surface area contributed by atoms with Gasteiger partial charge in [-0.25, -0.2) is 4.79 Å². The van der Waals surface area contributed by atoms with Gasteiger partial charge in [0, 0.05) is 44.0 Å². The Labute approximate surface area is 185 Å². The number of aryl methyl sites for hydroxylation is 1. The van der Waals surface area contributed by atoms with Gasteiger partial charge < -0.3 is 19.9 Å². The van der Waals surface area contributed by atoms with Crippen molar-refractivity contribution in [1.29, 1.82) is 0 Å². The second-order valence-corrected chi connectivity index (χ2v) is 8.82. The van der Waals surface area contributed by atoms with Crippen LogP contribution in [0.3, 0.4) is 0 Å². The zero-order valence-corrected chi connectivity index (χ0v) is 19.0. The first-order valence-electron chi connectivity index (χ1n) is 10.9. The summed E-state index contributed by atoms with van der Waals surface area (Å²) in [6.07, 6.45) is 0.650. The lowest BCUT2D eigenvalue weighted by atomic mass is 10.1. The predicted octanol–water partition coefficient (Wildman–Crippen LogP) is 4.55. The highest BCUT2D eigenvalue weighted by Gasteiger charge is 2.28. The number of carbonyl (C=O) groups is 2. The minimum absolute atomic E-state index is 0.000327. The second-order valence-electron chi connectivity index (χ2n) is 8.82. The normalized spacial score (nSPS) is 14.3. The largest absolute Gasteiger partial charge is 0.444 e. The van der Waals surface area contributed by atoms with E-state index in [2.05, 4.69) is 24.4 Å². The van der Waals surface area contributed by atoms with Crippen LogP contribution in [0.5, 0.6) is 0 Å². The lowest BCUT2D eigenvalue weighted by molar-refractivity contribution is 0.0141. The molecule has 1 aliphatic heterocycles. The summed E-state index contributed by atoms with van der Waals surface area (Å²) < 4.78 is 5.43. The molecule has 2 aromatic rings. The number of benzene rings is 2. The minimum Gasteiger partial charge on any atom is -0.444 e. The number of nitrogens with zero attached hydrogens (tertiary/aromatic N) is 2. The molecule has 0 spiro atoms. The number of carbonyl (C=O) groups excluding carboxylic acids is 2. The smallest absolute Gasteiger partial charge is 0.410 e.